The van der Waals surface area contributed by atoms with Crippen LogP contribution in [0.1, 0.15) is 38.3 Å². The number of rotatable bonds is 5. The van der Waals surface area contributed by atoms with Crippen molar-refractivity contribution in [2.24, 2.45) is 7.05 Å². The van der Waals surface area contributed by atoms with Crippen molar-refractivity contribution >= 4 is 0 Å². The van der Waals surface area contributed by atoms with Crippen LogP contribution in [0.4, 0.5) is 17.6 Å². The Bertz CT molecular complexity index is 1040. The van der Waals surface area contributed by atoms with Gasteiger partial charge in [-0.15, -0.1) is 10.2 Å². The largest absolute Gasteiger partial charge is 0.474 e. The lowest BCUT2D eigenvalue weighted by Crippen LogP contribution is -2.30. The van der Waals surface area contributed by atoms with Crippen molar-refractivity contribution in [1.82, 2.24) is 14.8 Å². The van der Waals surface area contributed by atoms with Gasteiger partial charge in [0.05, 0.1) is 11.7 Å². The second kappa shape index (κ2) is 7.47. The Balaban J connectivity index is 1.98. The lowest BCUT2D eigenvalue weighted by molar-refractivity contribution is 0.0833. The van der Waals surface area contributed by atoms with Gasteiger partial charge in [0, 0.05) is 19.2 Å². The van der Waals surface area contributed by atoms with E-state index in [-0.39, 0.29) is 17.2 Å². The fraction of sp³-hybridized carbons (Fsp3) is 0.300. The van der Waals surface area contributed by atoms with Gasteiger partial charge in [0.1, 0.15) is 11.6 Å². The third-order valence-electron chi connectivity index (χ3n) is 4.45. The average molecular weight is 409 g/mol. The quantitative estimate of drug-likeness (QED) is 0.635. The molecule has 2 aromatic carbocycles. The maximum atomic E-state index is 14.5. The molecule has 0 aliphatic rings. The van der Waals surface area contributed by atoms with Crippen LogP contribution in [-0.4, -0.2) is 19.9 Å². The molecule has 3 aromatic rings. The Labute approximate surface area is 164 Å². The number of benzene rings is 2. The molecule has 0 amide bonds. The van der Waals surface area contributed by atoms with Gasteiger partial charge in [0.2, 0.25) is 0 Å². The fourth-order valence-electron chi connectivity index (χ4n) is 2.99. The minimum Gasteiger partial charge on any atom is -0.474 e. The van der Waals surface area contributed by atoms with E-state index in [0.29, 0.717) is 17.7 Å². The van der Waals surface area contributed by atoms with Gasteiger partial charge in [0.15, 0.2) is 34.6 Å². The predicted molar refractivity (Wildman–Crippen MR) is 97.0 cm³/mol. The number of aliphatic hydroxyl groups excluding tert-OH is 1. The van der Waals surface area contributed by atoms with Gasteiger partial charge in [-0.2, -0.15) is 0 Å². The van der Waals surface area contributed by atoms with Gasteiger partial charge in [-0.3, -0.25) is 0 Å². The van der Waals surface area contributed by atoms with Crippen LogP contribution in [0.25, 0.3) is 11.4 Å². The van der Waals surface area contributed by atoms with Crippen LogP contribution in [0.15, 0.2) is 30.3 Å². The summed E-state index contributed by atoms with van der Waals surface area (Å²) in [6.07, 6.45) is -0.832. The summed E-state index contributed by atoms with van der Waals surface area (Å²) < 4.78 is 62.4. The molecule has 0 saturated heterocycles. The zero-order valence-electron chi connectivity index (χ0n) is 16.2. The molecule has 1 aromatic heterocycles. The highest BCUT2D eigenvalue weighted by atomic mass is 19.1. The van der Waals surface area contributed by atoms with E-state index in [1.54, 1.807) is 13.1 Å². The normalized spacial score (nSPS) is 12.9. The van der Waals surface area contributed by atoms with E-state index in [1.807, 2.05) is 0 Å². The SMILES string of the molecule is CC(O)c1ccc(-c2nnc(C(C)(C)Oc3c(F)cc(F)cc3F)n2C)c(F)c1. The highest BCUT2D eigenvalue weighted by Crippen LogP contribution is 2.33. The first-order chi connectivity index (χ1) is 13.5. The van der Waals surface area contributed by atoms with Crippen LogP contribution in [-0.2, 0) is 12.6 Å². The molecule has 0 saturated carbocycles. The minimum absolute atomic E-state index is 0.130. The number of hydrogen-bond donors (Lipinski definition) is 1. The molecule has 0 aliphatic heterocycles. The molecule has 0 fully saturated rings. The Morgan fingerprint density at radius 1 is 1.00 bits per heavy atom. The Kier molecular flexibility index (Phi) is 5.36. The third-order valence-corrected chi connectivity index (χ3v) is 4.45. The highest BCUT2D eigenvalue weighted by Gasteiger charge is 2.32. The van der Waals surface area contributed by atoms with E-state index < -0.39 is 40.7 Å². The average Bonchev–Trinajstić information content (AvgIpc) is 3.00. The molecule has 5 nitrogen and oxygen atoms in total. The summed E-state index contributed by atoms with van der Waals surface area (Å²) in [6.45, 7) is 4.51. The minimum atomic E-state index is -1.38. The lowest BCUT2D eigenvalue weighted by Gasteiger charge is -2.26. The van der Waals surface area contributed by atoms with Crippen molar-refractivity contribution in [3.8, 4) is 17.1 Å². The Morgan fingerprint density at radius 3 is 2.17 bits per heavy atom. The van der Waals surface area contributed by atoms with Crippen molar-refractivity contribution in [3.63, 3.8) is 0 Å². The summed E-state index contributed by atoms with van der Waals surface area (Å²) in [4.78, 5) is 0. The van der Waals surface area contributed by atoms with Crippen LogP contribution in [0, 0.1) is 23.3 Å². The molecule has 1 N–H and O–H groups in total. The van der Waals surface area contributed by atoms with Crippen LogP contribution >= 0.6 is 0 Å². The van der Waals surface area contributed by atoms with Crippen LogP contribution < -0.4 is 4.74 Å². The first-order valence-electron chi connectivity index (χ1n) is 8.72. The molecule has 3 rings (SSSR count). The van der Waals surface area contributed by atoms with Crippen molar-refractivity contribution in [2.45, 2.75) is 32.5 Å². The summed E-state index contributed by atoms with van der Waals surface area (Å²) >= 11 is 0. The molecule has 154 valence electrons. The number of hydrogen-bond acceptors (Lipinski definition) is 4. The standard InChI is InChI=1S/C20H19F4N3O2/c1-10(28)11-5-6-13(14(22)7-11)18-25-26-19(27(18)4)20(2,3)29-17-15(23)8-12(21)9-16(17)24/h5-10,28H,1-4H3. The first kappa shape index (κ1) is 20.8. The molecular weight excluding hydrogens is 390 g/mol. The Morgan fingerprint density at radius 2 is 1.62 bits per heavy atom. The van der Waals surface area contributed by atoms with Gasteiger partial charge in [-0.25, -0.2) is 17.6 Å². The van der Waals surface area contributed by atoms with E-state index in [0.717, 1.165) is 0 Å². The van der Waals surface area contributed by atoms with E-state index in [1.165, 1.54) is 37.5 Å². The molecule has 0 bridgehead atoms. The number of nitrogens with zero attached hydrogens (tertiary/aromatic N) is 3. The second-order valence-corrected chi connectivity index (χ2v) is 7.13. The molecule has 9 heteroatoms. The van der Waals surface area contributed by atoms with Gasteiger partial charge >= 0.3 is 0 Å². The van der Waals surface area contributed by atoms with Crippen molar-refractivity contribution in [2.75, 3.05) is 0 Å². The smallest absolute Gasteiger partial charge is 0.192 e. The van der Waals surface area contributed by atoms with E-state index >= 15 is 0 Å². The van der Waals surface area contributed by atoms with Crippen LogP contribution in [0.3, 0.4) is 0 Å². The summed E-state index contributed by atoms with van der Waals surface area (Å²) in [5.74, 6) is -4.51. The maximum Gasteiger partial charge on any atom is 0.192 e. The molecule has 0 spiro atoms. The zero-order chi connectivity index (χ0) is 21.5. The van der Waals surface area contributed by atoms with Crippen molar-refractivity contribution in [1.29, 1.82) is 0 Å². The molecule has 1 heterocycles. The molecule has 1 atom stereocenters. The molecule has 1 unspecified atom stereocenters. The fourth-order valence-corrected chi connectivity index (χ4v) is 2.99. The molecule has 29 heavy (non-hydrogen) atoms. The summed E-state index contributed by atoms with van der Waals surface area (Å²) in [5.41, 5.74) is -0.847. The summed E-state index contributed by atoms with van der Waals surface area (Å²) in [7, 11) is 1.55. The zero-order valence-corrected chi connectivity index (χ0v) is 16.2. The number of aliphatic hydroxyl groups is 1. The highest BCUT2D eigenvalue weighted by molar-refractivity contribution is 5.57. The summed E-state index contributed by atoms with van der Waals surface area (Å²) in [5, 5.41) is 17.5. The van der Waals surface area contributed by atoms with Crippen LogP contribution in [0.5, 0.6) is 5.75 Å². The predicted octanol–water partition coefficient (Wildman–Crippen LogP) is 4.41. The molecular formula is C20H19F4N3O2. The van der Waals surface area contributed by atoms with Crippen molar-refractivity contribution < 1.29 is 27.4 Å². The van der Waals surface area contributed by atoms with Crippen molar-refractivity contribution in [3.05, 3.63) is 65.0 Å². The number of ether oxygens (including phenoxy) is 1. The van der Waals surface area contributed by atoms with Gasteiger partial charge in [0.25, 0.3) is 0 Å². The molecule has 0 radical (unpaired) electrons. The summed E-state index contributed by atoms with van der Waals surface area (Å²) in [6, 6.07) is 5.23. The lowest BCUT2D eigenvalue weighted by atomic mass is 10.1. The van der Waals surface area contributed by atoms with E-state index in [9.17, 15) is 22.7 Å². The monoisotopic (exact) mass is 409 g/mol. The van der Waals surface area contributed by atoms with Gasteiger partial charge in [-0.05, 0) is 38.5 Å². The topological polar surface area (TPSA) is 60.2 Å². The van der Waals surface area contributed by atoms with Crippen LogP contribution in [0.2, 0.25) is 0 Å². The maximum absolute atomic E-state index is 14.5. The van der Waals surface area contributed by atoms with E-state index in [2.05, 4.69) is 10.2 Å². The third kappa shape index (κ3) is 3.95. The van der Waals surface area contributed by atoms with Gasteiger partial charge < -0.3 is 14.4 Å². The number of halogens is 4. The second-order valence-electron chi connectivity index (χ2n) is 7.13. The van der Waals surface area contributed by atoms with E-state index in [4.69, 9.17) is 4.74 Å². The first-order valence-corrected chi connectivity index (χ1v) is 8.72. The molecule has 0 aliphatic carbocycles. The number of aromatic nitrogens is 3. The van der Waals surface area contributed by atoms with Gasteiger partial charge in [-0.1, -0.05) is 6.07 Å². The Hall–Kier alpha value is -2.94.